The van der Waals surface area contributed by atoms with Crippen LogP contribution >= 0.6 is 0 Å². The number of nitrogen functional groups attached to an aromatic ring is 2. The SMILES string of the molecule is Cc1ncc([C@H](CCCCCCc2cc(N)nc(N)n2)CC(=O)O)cn1. The van der Waals surface area contributed by atoms with Gasteiger partial charge in [0.05, 0.1) is 6.42 Å². The molecule has 0 saturated carbocycles. The molecule has 0 radical (unpaired) electrons. The summed E-state index contributed by atoms with van der Waals surface area (Å²) in [6.07, 6.45) is 9.19. The third-order valence-corrected chi connectivity index (χ3v) is 4.25. The normalized spacial score (nSPS) is 12.0. The molecule has 0 fully saturated rings. The van der Waals surface area contributed by atoms with Gasteiger partial charge in [-0.1, -0.05) is 19.3 Å². The Hall–Kier alpha value is -2.77. The highest BCUT2D eigenvalue weighted by Crippen LogP contribution is 2.25. The second-order valence-electron chi connectivity index (χ2n) is 6.45. The molecule has 5 N–H and O–H groups in total. The van der Waals surface area contributed by atoms with Gasteiger partial charge in [-0.15, -0.1) is 0 Å². The summed E-state index contributed by atoms with van der Waals surface area (Å²) in [4.78, 5) is 27.5. The molecule has 8 nitrogen and oxygen atoms in total. The van der Waals surface area contributed by atoms with E-state index in [1.54, 1.807) is 18.5 Å². The summed E-state index contributed by atoms with van der Waals surface area (Å²) in [7, 11) is 0. The minimum atomic E-state index is -0.797. The van der Waals surface area contributed by atoms with Crippen LogP contribution in [-0.2, 0) is 11.2 Å². The highest BCUT2D eigenvalue weighted by molar-refractivity contribution is 5.68. The fourth-order valence-electron chi connectivity index (χ4n) is 2.93. The van der Waals surface area contributed by atoms with Gasteiger partial charge >= 0.3 is 5.97 Å². The first-order chi connectivity index (χ1) is 12.4. The molecular formula is C18H26N6O2. The van der Waals surface area contributed by atoms with Gasteiger partial charge in [0.15, 0.2) is 0 Å². The van der Waals surface area contributed by atoms with Crippen LogP contribution in [0.15, 0.2) is 18.5 Å². The molecule has 2 heterocycles. The second-order valence-corrected chi connectivity index (χ2v) is 6.45. The number of anilines is 2. The highest BCUT2D eigenvalue weighted by Gasteiger charge is 2.16. The second kappa shape index (κ2) is 9.65. The number of nitrogens with two attached hydrogens (primary N) is 2. The summed E-state index contributed by atoms with van der Waals surface area (Å²) < 4.78 is 0. The molecule has 140 valence electrons. The van der Waals surface area contributed by atoms with Gasteiger partial charge in [-0.25, -0.2) is 15.0 Å². The van der Waals surface area contributed by atoms with Gasteiger partial charge in [0.25, 0.3) is 0 Å². The largest absolute Gasteiger partial charge is 0.481 e. The van der Waals surface area contributed by atoms with Crippen LogP contribution in [0.5, 0.6) is 0 Å². The number of rotatable bonds is 10. The molecule has 8 heteroatoms. The molecule has 0 aliphatic carbocycles. The zero-order valence-corrected chi connectivity index (χ0v) is 15.1. The minimum absolute atomic E-state index is 0.0467. The van der Waals surface area contributed by atoms with Gasteiger partial charge in [-0.05, 0) is 37.7 Å². The first-order valence-corrected chi connectivity index (χ1v) is 8.83. The van der Waals surface area contributed by atoms with E-state index in [0.717, 1.165) is 49.8 Å². The van der Waals surface area contributed by atoms with E-state index in [-0.39, 0.29) is 18.3 Å². The van der Waals surface area contributed by atoms with Crippen LogP contribution < -0.4 is 11.5 Å². The van der Waals surface area contributed by atoms with Crippen LogP contribution in [0.3, 0.4) is 0 Å². The van der Waals surface area contributed by atoms with Crippen LogP contribution in [0.1, 0.15) is 61.5 Å². The van der Waals surface area contributed by atoms with Crippen molar-refractivity contribution in [2.24, 2.45) is 0 Å². The van der Waals surface area contributed by atoms with Crippen molar-refractivity contribution in [2.45, 2.75) is 57.8 Å². The zero-order chi connectivity index (χ0) is 18.9. The number of aryl methyl sites for hydroxylation is 2. The molecule has 2 rings (SSSR count). The number of carbonyl (C=O) groups is 1. The van der Waals surface area contributed by atoms with Crippen LogP contribution in [0.25, 0.3) is 0 Å². The van der Waals surface area contributed by atoms with Gasteiger partial charge < -0.3 is 16.6 Å². The van der Waals surface area contributed by atoms with Gasteiger partial charge in [0.2, 0.25) is 5.95 Å². The Morgan fingerprint density at radius 1 is 1.12 bits per heavy atom. The summed E-state index contributed by atoms with van der Waals surface area (Å²) in [6, 6.07) is 1.75. The topological polar surface area (TPSA) is 141 Å². The third kappa shape index (κ3) is 6.62. The van der Waals surface area contributed by atoms with Gasteiger partial charge in [0.1, 0.15) is 11.6 Å². The predicted octanol–water partition coefficient (Wildman–Crippen LogP) is 2.49. The number of unbranched alkanes of at least 4 members (excludes halogenated alkanes) is 3. The Bertz CT molecular complexity index is 700. The Balaban J connectivity index is 1.75. The Morgan fingerprint density at radius 2 is 1.81 bits per heavy atom. The fraction of sp³-hybridized carbons (Fsp3) is 0.500. The molecule has 2 aromatic rings. The Labute approximate surface area is 153 Å². The number of hydrogen-bond acceptors (Lipinski definition) is 7. The lowest BCUT2D eigenvalue weighted by Gasteiger charge is -2.14. The molecule has 0 aliphatic rings. The van der Waals surface area contributed by atoms with Crippen LogP contribution in [-0.4, -0.2) is 31.0 Å². The maximum atomic E-state index is 11.1. The molecule has 0 unspecified atom stereocenters. The third-order valence-electron chi connectivity index (χ3n) is 4.25. The van der Waals surface area contributed by atoms with Crippen molar-refractivity contribution in [1.82, 2.24) is 19.9 Å². The lowest BCUT2D eigenvalue weighted by Crippen LogP contribution is -2.08. The van der Waals surface area contributed by atoms with E-state index < -0.39 is 5.97 Å². The maximum absolute atomic E-state index is 11.1. The number of aromatic nitrogens is 4. The molecule has 0 amide bonds. The first-order valence-electron chi connectivity index (χ1n) is 8.83. The molecule has 0 aromatic carbocycles. The van der Waals surface area contributed by atoms with E-state index in [9.17, 15) is 4.79 Å². The van der Waals surface area contributed by atoms with Crippen molar-refractivity contribution in [2.75, 3.05) is 11.5 Å². The van der Waals surface area contributed by atoms with E-state index >= 15 is 0 Å². The summed E-state index contributed by atoms with van der Waals surface area (Å²) >= 11 is 0. The lowest BCUT2D eigenvalue weighted by atomic mass is 9.92. The van der Waals surface area contributed by atoms with Gasteiger partial charge in [0, 0.05) is 24.2 Å². The van der Waals surface area contributed by atoms with E-state index in [1.807, 2.05) is 6.92 Å². The highest BCUT2D eigenvalue weighted by atomic mass is 16.4. The van der Waals surface area contributed by atoms with Crippen molar-refractivity contribution in [3.05, 3.63) is 35.5 Å². The number of aliphatic carboxylic acids is 1. The summed E-state index contributed by atoms with van der Waals surface area (Å²) in [5.74, 6) is 0.444. The van der Waals surface area contributed by atoms with Crippen molar-refractivity contribution in [1.29, 1.82) is 0 Å². The zero-order valence-electron chi connectivity index (χ0n) is 15.1. The average molecular weight is 358 g/mol. The summed E-state index contributed by atoms with van der Waals surface area (Å²) in [6.45, 7) is 1.81. The molecule has 0 spiro atoms. The number of hydrogen-bond donors (Lipinski definition) is 3. The maximum Gasteiger partial charge on any atom is 0.303 e. The molecule has 2 aromatic heterocycles. The fourth-order valence-corrected chi connectivity index (χ4v) is 2.93. The van der Waals surface area contributed by atoms with Gasteiger partial charge in [-0.2, -0.15) is 4.98 Å². The van der Waals surface area contributed by atoms with Crippen molar-refractivity contribution < 1.29 is 9.90 Å². The van der Waals surface area contributed by atoms with E-state index in [1.165, 1.54) is 0 Å². The average Bonchev–Trinajstić information content (AvgIpc) is 2.56. The number of carboxylic acids is 1. The number of carboxylic acid groups (broad SMARTS) is 1. The molecule has 1 atom stereocenters. The molecule has 26 heavy (non-hydrogen) atoms. The standard InChI is InChI=1S/C18H26N6O2/c1-12-21-10-14(11-22-12)13(8-17(25)26)6-4-2-3-5-7-15-9-16(19)24-18(20)23-15/h9-11,13H,2-8H2,1H3,(H,25,26)(H4,19,20,23,24)/t13-/m1/s1. The quantitative estimate of drug-likeness (QED) is 0.550. The smallest absolute Gasteiger partial charge is 0.303 e. The first kappa shape index (κ1) is 19.6. The molecule has 0 bridgehead atoms. The molecule has 0 aliphatic heterocycles. The van der Waals surface area contributed by atoms with Crippen LogP contribution in [0.4, 0.5) is 11.8 Å². The summed E-state index contributed by atoms with van der Waals surface area (Å²) in [5.41, 5.74) is 13.0. The minimum Gasteiger partial charge on any atom is -0.481 e. The Morgan fingerprint density at radius 3 is 2.46 bits per heavy atom. The monoisotopic (exact) mass is 358 g/mol. The van der Waals surface area contributed by atoms with Crippen molar-refractivity contribution in [3.63, 3.8) is 0 Å². The molecular weight excluding hydrogens is 332 g/mol. The lowest BCUT2D eigenvalue weighted by molar-refractivity contribution is -0.137. The summed E-state index contributed by atoms with van der Waals surface area (Å²) in [5, 5.41) is 9.14. The van der Waals surface area contributed by atoms with E-state index in [4.69, 9.17) is 16.6 Å². The Kier molecular flexibility index (Phi) is 7.25. The number of nitrogens with zero attached hydrogens (tertiary/aromatic N) is 4. The van der Waals surface area contributed by atoms with E-state index in [0.29, 0.717) is 11.6 Å². The van der Waals surface area contributed by atoms with Gasteiger partial charge in [-0.3, -0.25) is 4.79 Å². The van der Waals surface area contributed by atoms with Crippen molar-refractivity contribution >= 4 is 17.7 Å². The van der Waals surface area contributed by atoms with Crippen LogP contribution in [0, 0.1) is 6.92 Å². The van der Waals surface area contributed by atoms with E-state index in [2.05, 4.69) is 19.9 Å². The van der Waals surface area contributed by atoms with Crippen molar-refractivity contribution in [3.8, 4) is 0 Å². The van der Waals surface area contributed by atoms with Crippen LogP contribution in [0.2, 0.25) is 0 Å². The predicted molar refractivity (Wildman–Crippen MR) is 99.4 cm³/mol. The molecule has 0 saturated heterocycles.